The van der Waals surface area contributed by atoms with Gasteiger partial charge >= 0.3 is 0 Å². The van der Waals surface area contributed by atoms with Crippen molar-refractivity contribution in [1.82, 2.24) is 4.72 Å². The number of rotatable bonds is 5. The Morgan fingerprint density at radius 1 is 1.33 bits per heavy atom. The first-order chi connectivity index (χ1) is 9.90. The van der Waals surface area contributed by atoms with E-state index >= 15 is 0 Å². The first kappa shape index (κ1) is 15.8. The summed E-state index contributed by atoms with van der Waals surface area (Å²) >= 11 is 0. The summed E-state index contributed by atoms with van der Waals surface area (Å²) in [6.07, 6.45) is -0.682. The van der Waals surface area contributed by atoms with Crippen molar-refractivity contribution >= 4 is 15.7 Å². The van der Waals surface area contributed by atoms with Crippen molar-refractivity contribution in [3.8, 4) is 0 Å². The maximum Gasteiger partial charge on any atom is 0.289 e. The number of para-hydroxylation sites is 1. The molecule has 0 amide bonds. The van der Waals surface area contributed by atoms with Crippen LogP contribution in [-0.2, 0) is 19.5 Å². The van der Waals surface area contributed by atoms with Crippen molar-refractivity contribution in [2.45, 2.75) is 18.1 Å². The Kier molecular flexibility index (Phi) is 4.88. The highest BCUT2D eigenvalue weighted by molar-refractivity contribution is 7.89. The van der Waals surface area contributed by atoms with Gasteiger partial charge in [-0.1, -0.05) is 19.1 Å². The quantitative estimate of drug-likeness (QED) is 0.638. The summed E-state index contributed by atoms with van der Waals surface area (Å²) in [5.74, 6) is 0.257. The Bertz CT molecular complexity index is 610. The van der Waals surface area contributed by atoms with Gasteiger partial charge in [-0.2, -0.15) is 0 Å². The summed E-state index contributed by atoms with van der Waals surface area (Å²) in [5, 5.41) is 10.9. The van der Waals surface area contributed by atoms with Crippen LogP contribution in [0.5, 0.6) is 0 Å². The molecule has 21 heavy (non-hydrogen) atoms. The fourth-order valence-corrected chi connectivity index (χ4v) is 3.03. The Labute approximate surface area is 122 Å². The molecule has 0 saturated carbocycles. The Balaban J connectivity index is 2.07. The molecule has 116 valence electrons. The molecule has 1 N–H and O–H groups in total. The van der Waals surface area contributed by atoms with Gasteiger partial charge in [0.15, 0.2) is 11.2 Å². The van der Waals surface area contributed by atoms with Gasteiger partial charge in [0.2, 0.25) is 10.0 Å². The SMILES string of the molecule is CC1COC(CNS(=O)(=O)c2ccccc2[N+](=O)[O-])OC1. The van der Waals surface area contributed by atoms with Crippen molar-refractivity contribution in [1.29, 1.82) is 0 Å². The zero-order chi connectivity index (χ0) is 15.5. The first-order valence-corrected chi connectivity index (χ1v) is 7.85. The van der Waals surface area contributed by atoms with E-state index in [2.05, 4.69) is 4.72 Å². The average Bonchev–Trinajstić information content (AvgIpc) is 2.47. The number of ether oxygens (including phenoxy) is 2. The van der Waals surface area contributed by atoms with Gasteiger partial charge in [-0.3, -0.25) is 10.1 Å². The minimum Gasteiger partial charge on any atom is -0.351 e. The van der Waals surface area contributed by atoms with Crippen LogP contribution in [0.25, 0.3) is 0 Å². The number of hydrogen-bond acceptors (Lipinski definition) is 6. The summed E-state index contributed by atoms with van der Waals surface area (Å²) in [5.41, 5.74) is -0.468. The van der Waals surface area contributed by atoms with E-state index in [1.807, 2.05) is 6.92 Å². The summed E-state index contributed by atoms with van der Waals surface area (Å²) < 4.78 is 37.2. The molecule has 8 nitrogen and oxygen atoms in total. The third-order valence-corrected chi connectivity index (χ3v) is 4.40. The van der Waals surface area contributed by atoms with E-state index in [1.54, 1.807) is 0 Å². The summed E-state index contributed by atoms with van der Waals surface area (Å²) in [7, 11) is -4.00. The topological polar surface area (TPSA) is 108 Å². The fraction of sp³-hybridized carbons (Fsp3) is 0.500. The van der Waals surface area contributed by atoms with Crippen molar-refractivity contribution in [3.05, 3.63) is 34.4 Å². The van der Waals surface area contributed by atoms with Crippen molar-refractivity contribution in [3.63, 3.8) is 0 Å². The molecule has 0 spiro atoms. The molecule has 1 fully saturated rings. The average molecular weight is 316 g/mol. The van der Waals surface area contributed by atoms with E-state index in [-0.39, 0.29) is 17.4 Å². The molecule has 1 aliphatic rings. The predicted molar refractivity (Wildman–Crippen MR) is 73.1 cm³/mol. The van der Waals surface area contributed by atoms with Crippen LogP contribution in [0.2, 0.25) is 0 Å². The number of nitro benzene ring substituents is 1. The van der Waals surface area contributed by atoms with E-state index < -0.39 is 26.9 Å². The zero-order valence-corrected chi connectivity index (χ0v) is 12.2. The van der Waals surface area contributed by atoms with Crippen molar-refractivity contribution in [2.24, 2.45) is 5.92 Å². The lowest BCUT2D eigenvalue weighted by molar-refractivity contribution is -0.387. The highest BCUT2D eigenvalue weighted by Crippen LogP contribution is 2.22. The molecule has 0 radical (unpaired) electrons. The standard InChI is InChI=1S/C12H16N2O6S/c1-9-7-19-12(20-8-9)6-13-21(17,18)11-5-3-2-4-10(11)14(15)16/h2-5,9,12-13H,6-8H2,1H3. The van der Waals surface area contributed by atoms with Crippen LogP contribution in [0, 0.1) is 16.0 Å². The van der Waals surface area contributed by atoms with Crippen LogP contribution in [0.1, 0.15) is 6.92 Å². The van der Waals surface area contributed by atoms with Crippen molar-refractivity contribution in [2.75, 3.05) is 19.8 Å². The van der Waals surface area contributed by atoms with Crippen LogP contribution in [0.3, 0.4) is 0 Å². The second kappa shape index (κ2) is 6.48. The van der Waals surface area contributed by atoms with Gasteiger partial charge in [-0.15, -0.1) is 0 Å². The molecule has 1 saturated heterocycles. The minimum absolute atomic E-state index is 0.0961. The van der Waals surface area contributed by atoms with Gasteiger partial charge in [-0.25, -0.2) is 13.1 Å². The van der Waals surface area contributed by atoms with Gasteiger partial charge in [0.05, 0.1) is 24.7 Å². The highest BCUT2D eigenvalue weighted by Gasteiger charge is 2.27. The second-order valence-electron chi connectivity index (χ2n) is 4.78. The molecule has 9 heteroatoms. The fourth-order valence-electron chi connectivity index (χ4n) is 1.85. The van der Waals surface area contributed by atoms with Gasteiger partial charge in [0.25, 0.3) is 5.69 Å². The van der Waals surface area contributed by atoms with Gasteiger partial charge in [0.1, 0.15) is 0 Å². The maximum atomic E-state index is 12.1. The summed E-state index contributed by atoms with van der Waals surface area (Å²) in [4.78, 5) is 9.77. The third-order valence-electron chi connectivity index (χ3n) is 2.92. The molecule has 1 heterocycles. The number of hydrogen-bond donors (Lipinski definition) is 1. The normalized spacial score (nSPS) is 22.9. The molecule has 0 aromatic heterocycles. The lowest BCUT2D eigenvalue weighted by Gasteiger charge is -2.27. The molecular weight excluding hydrogens is 300 g/mol. The number of sulfonamides is 1. The number of nitrogens with zero attached hydrogens (tertiary/aromatic N) is 1. The number of nitrogens with one attached hydrogen (secondary N) is 1. The van der Waals surface area contributed by atoms with E-state index in [4.69, 9.17) is 9.47 Å². The van der Waals surface area contributed by atoms with E-state index in [1.165, 1.54) is 18.2 Å². The van der Waals surface area contributed by atoms with Crippen molar-refractivity contribution < 1.29 is 22.8 Å². The van der Waals surface area contributed by atoms with E-state index in [0.717, 1.165) is 6.07 Å². The number of nitro groups is 1. The minimum atomic E-state index is -4.00. The van der Waals surface area contributed by atoms with Crippen LogP contribution in [0.15, 0.2) is 29.2 Å². The third kappa shape index (κ3) is 3.97. The molecule has 0 bridgehead atoms. The molecule has 0 aliphatic carbocycles. The van der Waals surface area contributed by atoms with Crippen LogP contribution in [-0.4, -0.2) is 39.4 Å². The van der Waals surface area contributed by atoms with E-state index in [9.17, 15) is 18.5 Å². The maximum absolute atomic E-state index is 12.1. The van der Waals surface area contributed by atoms with Gasteiger partial charge in [-0.05, 0) is 6.07 Å². The highest BCUT2D eigenvalue weighted by atomic mass is 32.2. The zero-order valence-electron chi connectivity index (χ0n) is 11.4. The van der Waals surface area contributed by atoms with Crippen LogP contribution >= 0.6 is 0 Å². The number of benzene rings is 1. The van der Waals surface area contributed by atoms with Gasteiger partial charge < -0.3 is 9.47 Å². The molecule has 0 unspecified atom stereocenters. The molecule has 1 aromatic carbocycles. The van der Waals surface area contributed by atoms with Gasteiger partial charge in [0, 0.05) is 12.0 Å². The van der Waals surface area contributed by atoms with E-state index in [0.29, 0.717) is 13.2 Å². The Morgan fingerprint density at radius 2 is 1.95 bits per heavy atom. The predicted octanol–water partition coefficient (Wildman–Crippen LogP) is 0.882. The summed E-state index contributed by atoms with van der Waals surface area (Å²) in [6, 6.07) is 5.16. The lowest BCUT2D eigenvalue weighted by Crippen LogP contribution is -2.40. The largest absolute Gasteiger partial charge is 0.351 e. The first-order valence-electron chi connectivity index (χ1n) is 6.36. The molecular formula is C12H16N2O6S. The summed E-state index contributed by atoms with van der Waals surface area (Å²) in [6.45, 7) is 2.82. The molecule has 1 aromatic rings. The molecule has 0 atom stereocenters. The van der Waals surface area contributed by atoms with Crippen LogP contribution < -0.4 is 4.72 Å². The Hall–Kier alpha value is -1.55. The second-order valence-corrected chi connectivity index (χ2v) is 6.51. The smallest absolute Gasteiger partial charge is 0.289 e. The monoisotopic (exact) mass is 316 g/mol. The molecule has 1 aliphatic heterocycles. The lowest BCUT2D eigenvalue weighted by atomic mass is 10.2. The molecule has 2 rings (SSSR count). The Morgan fingerprint density at radius 3 is 2.57 bits per heavy atom. The van der Waals surface area contributed by atoms with Crippen LogP contribution in [0.4, 0.5) is 5.69 Å².